The monoisotopic (exact) mass is 204 g/mol. The van der Waals surface area contributed by atoms with E-state index in [0.717, 1.165) is 0 Å². The van der Waals surface area contributed by atoms with Gasteiger partial charge in [0.25, 0.3) is 6.43 Å². The fourth-order valence-electron chi connectivity index (χ4n) is 0.560. The van der Waals surface area contributed by atoms with E-state index in [9.17, 15) is 13.6 Å². The average molecular weight is 204 g/mol. The summed E-state index contributed by atoms with van der Waals surface area (Å²) in [5.74, 6) is 3.27. The smallest absolute Gasteiger partial charge is 0.312 e. The summed E-state index contributed by atoms with van der Waals surface area (Å²) in [7, 11) is 0. The maximum atomic E-state index is 11.5. The van der Waals surface area contributed by atoms with Crippen molar-refractivity contribution < 1.29 is 18.3 Å². The van der Waals surface area contributed by atoms with Crippen LogP contribution in [0.15, 0.2) is 0 Å². The Morgan fingerprint density at radius 2 is 2.07 bits per heavy atom. The molecule has 14 heavy (non-hydrogen) atoms. The van der Waals surface area contributed by atoms with Crippen molar-refractivity contribution in [3.63, 3.8) is 0 Å². The van der Waals surface area contributed by atoms with Crippen molar-refractivity contribution in [1.29, 1.82) is 0 Å². The third kappa shape index (κ3) is 4.80. The van der Waals surface area contributed by atoms with Gasteiger partial charge in [0.2, 0.25) is 0 Å². The van der Waals surface area contributed by atoms with Crippen molar-refractivity contribution in [2.24, 2.45) is 5.41 Å². The van der Waals surface area contributed by atoms with Crippen LogP contribution in [-0.2, 0) is 9.53 Å². The van der Waals surface area contributed by atoms with Crippen LogP contribution >= 0.6 is 0 Å². The second kappa shape index (κ2) is 5.58. The van der Waals surface area contributed by atoms with Gasteiger partial charge >= 0.3 is 5.97 Å². The van der Waals surface area contributed by atoms with Gasteiger partial charge in [0.15, 0.2) is 6.61 Å². The van der Waals surface area contributed by atoms with E-state index in [1.807, 2.05) is 6.92 Å². The van der Waals surface area contributed by atoms with Gasteiger partial charge < -0.3 is 4.74 Å². The highest BCUT2D eigenvalue weighted by atomic mass is 19.3. The zero-order valence-electron chi connectivity index (χ0n) is 8.56. The summed E-state index contributed by atoms with van der Waals surface area (Å²) in [6, 6.07) is 0. The van der Waals surface area contributed by atoms with Crippen molar-refractivity contribution in [3.8, 4) is 11.8 Å². The molecule has 0 atom stereocenters. The number of hydrogen-bond acceptors (Lipinski definition) is 2. The third-order valence-electron chi connectivity index (χ3n) is 1.92. The number of ether oxygens (including phenoxy) is 1. The molecule has 0 aliphatic heterocycles. The molecule has 0 aromatic rings. The van der Waals surface area contributed by atoms with Crippen molar-refractivity contribution in [3.05, 3.63) is 0 Å². The quantitative estimate of drug-likeness (QED) is 0.520. The second-order valence-electron chi connectivity index (χ2n) is 3.44. The van der Waals surface area contributed by atoms with Crippen LogP contribution in [0, 0.1) is 17.3 Å². The molecule has 0 radical (unpaired) electrons. The van der Waals surface area contributed by atoms with Crippen molar-refractivity contribution in [2.75, 3.05) is 6.61 Å². The van der Waals surface area contributed by atoms with Gasteiger partial charge in [-0.25, -0.2) is 0 Å². The molecule has 0 bridgehead atoms. The van der Waals surface area contributed by atoms with Gasteiger partial charge in [0.05, 0.1) is 5.41 Å². The van der Waals surface area contributed by atoms with Gasteiger partial charge in [0, 0.05) is 0 Å². The maximum Gasteiger partial charge on any atom is 0.312 e. The van der Waals surface area contributed by atoms with Crippen LogP contribution in [-0.4, -0.2) is 19.0 Å². The van der Waals surface area contributed by atoms with Crippen LogP contribution < -0.4 is 0 Å². The van der Waals surface area contributed by atoms with Crippen molar-refractivity contribution in [2.45, 2.75) is 33.6 Å². The van der Waals surface area contributed by atoms with E-state index in [1.165, 1.54) is 0 Å². The van der Waals surface area contributed by atoms with E-state index < -0.39 is 17.8 Å². The zero-order chi connectivity index (χ0) is 11.2. The van der Waals surface area contributed by atoms with Gasteiger partial charge in [0.1, 0.15) is 0 Å². The number of carbonyl (C=O) groups excluding carboxylic acids is 1. The Bertz CT molecular complexity index is 249. The van der Waals surface area contributed by atoms with E-state index in [-0.39, 0.29) is 6.61 Å². The third-order valence-corrected chi connectivity index (χ3v) is 1.92. The highest BCUT2D eigenvalue weighted by molar-refractivity contribution is 5.75. The number of esters is 1. The lowest BCUT2D eigenvalue weighted by Crippen LogP contribution is -2.25. The molecule has 0 heterocycles. The van der Waals surface area contributed by atoms with E-state index in [4.69, 9.17) is 4.74 Å². The van der Waals surface area contributed by atoms with Gasteiger partial charge in [-0.3, -0.25) is 4.79 Å². The van der Waals surface area contributed by atoms with Gasteiger partial charge in [-0.2, -0.15) is 8.78 Å². The minimum atomic E-state index is -2.67. The summed E-state index contributed by atoms with van der Waals surface area (Å²) in [5, 5.41) is 0. The lowest BCUT2D eigenvalue weighted by Gasteiger charge is -2.19. The van der Waals surface area contributed by atoms with Crippen LogP contribution in [0.1, 0.15) is 27.2 Å². The van der Waals surface area contributed by atoms with Crippen LogP contribution in [0.25, 0.3) is 0 Å². The van der Waals surface area contributed by atoms with E-state index >= 15 is 0 Å². The highest BCUT2D eigenvalue weighted by Crippen LogP contribution is 2.21. The van der Waals surface area contributed by atoms with Crippen LogP contribution in [0.3, 0.4) is 0 Å². The highest BCUT2D eigenvalue weighted by Gasteiger charge is 2.26. The van der Waals surface area contributed by atoms with E-state index in [2.05, 4.69) is 5.92 Å². The number of hydrogen-bond donors (Lipinski definition) is 0. The molecule has 80 valence electrons. The van der Waals surface area contributed by atoms with Crippen LogP contribution in [0.4, 0.5) is 8.78 Å². The normalized spacial score (nSPS) is 10.7. The summed E-state index contributed by atoms with van der Waals surface area (Å²) < 4.78 is 27.8. The molecule has 0 spiro atoms. The second-order valence-corrected chi connectivity index (χ2v) is 3.44. The first-order valence-electron chi connectivity index (χ1n) is 4.34. The topological polar surface area (TPSA) is 26.3 Å². The number of carbonyl (C=O) groups is 1. The first-order valence-corrected chi connectivity index (χ1v) is 4.34. The minimum Gasteiger partial charge on any atom is -0.452 e. The summed E-state index contributed by atoms with van der Waals surface area (Å²) >= 11 is 0. The van der Waals surface area contributed by atoms with Gasteiger partial charge in [-0.15, -0.1) is 0 Å². The number of halogens is 2. The standard InChI is InChI=1S/C10H14F2O2/c1-4-10(2,3)9(13)14-7-5-6-8(11)12/h8H,4,7H2,1-3H3. The molecule has 0 aromatic heterocycles. The largest absolute Gasteiger partial charge is 0.452 e. The molecular formula is C10H14F2O2. The molecule has 0 aromatic carbocycles. The van der Waals surface area contributed by atoms with Gasteiger partial charge in [-0.1, -0.05) is 12.8 Å². The fourth-order valence-corrected chi connectivity index (χ4v) is 0.560. The molecule has 0 aliphatic rings. The molecule has 2 nitrogen and oxygen atoms in total. The van der Waals surface area contributed by atoms with Gasteiger partial charge in [-0.05, 0) is 26.2 Å². The Morgan fingerprint density at radius 1 is 1.50 bits per heavy atom. The lowest BCUT2D eigenvalue weighted by atomic mass is 9.91. The molecule has 0 N–H and O–H groups in total. The molecule has 0 fully saturated rings. The Hall–Kier alpha value is -1.11. The molecule has 0 rings (SSSR count). The molecule has 0 aliphatic carbocycles. The molecule has 0 unspecified atom stereocenters. The first-order chi connectivity index (χ1) is 6.40. The van der Waals surface area contributed by atoms with E-state index in [1.54, 1.807) is 19.8 Å². The van der Waals surface area contributed by atoms with Crippen molar-refractivity contribution >= 4 is 5.97 Å². The molecule has 0 amide bonds. The average Bonchev–Trinajstić information content (AvgIpc) is 2.11. The lowest BCUT2D eigenvalue weighted by molar-refractivity contribution is -0.152. The Kier molecular flexibility index (Phi) is 5.14. The maximum absolute atomic E-state index is 11.5. The number of alkyl halides is 2. The molecule has 4 heteroatoms. The van der Waals surface area contributed by atoms with Crippen LogP contribution in [0.2, 0.25) is 0 Å². The first kappa shape index (κ1) is 12.9. The number of rotatable bonds is 3. The summed E-state index contributed by atoms with van der Waals surface area (Å²) in [6.07, 6.45) is -2.04. The predicted molar refractivity (Wildman–Crippen MR) is 48.8 cm³/mol. The minimum absolute atomic E-state index is 0.271. The SMILES string of the molecule is CCC(C)(C)C(=O)OCC#CC(F)F. The predicted octanol–water partition coefficient (Wildman–Crippen LogP) is 2.23. The summed E-state index contributed by atoms with van der Waals surface area (Å²) in [4.78, 5) is 11.3. The Morgan fingerprint density at radius 3 is 2.50 bits per heavy atom. The Balaban J connectivity index is 3.94. The van der Waals surface area contributed by atoms with Crippen molar-refractivity contribution in [1.82, 2.24) is 0 Å². The summed E-state index contributed by atoms with van der Waals surface area (Å²) in [6.45, 7) is 5.05. The zero-order valence-corrected chi connectivity index (χ0v) is 8.56. The summed E-state index contributed by atoms with van der Waals surface area (Å²) in [5.41, 5.74) is -0.577. The molecule has 0 saturated carbocycles. The van der Waals surface area contributed by atoms with Crippen LogP contribution in [0.5, 0.6) is 0 Å². The molecule has 0 saturated heterocycles. The fraction of sp³-hybridized carbons (Fsp3) is 0.700. The Labute approximate surface area is 82.6 Å². The van der Waals surface area contributed by atoms with E-state index in [0.29, 0.717) is 6.42 Å². The molecular weight excluding hydrogens is 190 g/mol.